The minimum absolute atomic E-state index is 0.0122. The second-order valence-corrected chi connectivity index (χ2v) is 15.9. The Hall–Kier alpha value is -6.00. The molecule has 318 valence electrons. The van der Waals surface area contributed by atoms with Gasteiger partial charge >= 0.3 is 6.18 Å². The molecule has 1 saturated carbocycles. The summed E-state index contributed by atoms with van der Waals surface area (Å²) in [6, 6.07) is 11.4. The standard InChI is InChI=1S/C43H48F3N7O7/c1-25(2)59-35-22-37-49-32(23-53(37)24-33(35)50-40(56)31-10-5-11-36(48-31)43(44,45)46)26-18-20-52(21-19-26)42(58)28-6-3-8-29(9-4-7-28)47-39(55)27-12-14-30(15-13-27)60-34-16-17-38(54)51-41(34)57/h5,10-15,22-26,28-29,34H,3-4,6-9,16-21H2,1-2H3,(H,47,55)(H,50,56)(H,51,54,57). The van der Waals surface area contributed by atoms with Crippen LogP contribution >= 0.6 is 0 Å². The number of nitrogens with zero attached hydrogens (tertiary/aromatic N) is 4. The summed E-state index contributed by atoms with van der Waals surface area (Å²) >= 11 is 0. The van der Waals surface area contributed by atoms with Crippen molar-refractivity contribution in [3.8, 4) is 11.5 Å². The lowest BCUT2D eigenvalue weighted by molar-refractivity contribution is -0.141. The molecule has 60 heavy (non-hydrogen) atoms. The van der Waals surface area contributed by atoms with Crippen molar-refractivity contribution in [2.24, 2.45) is 5.92 Å². The zero-order chi connectivity index (χ0) is 42.6. The van der Waals surface area contributed by atoms with Crippen LogP contribution in [0, 0.1) is 5.92 Å². The molecular weight excluding hydrogens is 784 g/mol. The first-order chi connectivity index (χ1) is 28.7. The van der Waals surface area contributed by atoms with E-state index in [9.17, 15) is 37.1 Å². The first-order valence-corrected chi connectivity index (χ1v) is 20.4. The van der Waals surface area contributed by atoms with Gasteiger partial charge in [-0.2, -0.15) is 13.2 Å². The van der Waals surface area contributed by atoms with Gasteiger partial charge in [-0.25, -0.2) is 9.97 Å². The van der Waals surface area contributed by atoms with Gasteiger partial charge in [-0.15, -0.1) is 0 Å². The number of pyridine rings is 2. The molecule has 3 aromatic heterocycles. The summed E-state index contributed by atoms with van der Waals surface area (Å²) in [4.78, 5) is 73.6. The van der Waals surface area contributed by atoms with E-state index in [1.165, 1.54) is 6.07 Å². The molecule has 14 nitrogen and oxygen atoms in total. The van der Waals surface area contributed by atoms with Gasteiger partial charge in [0.1, 0.15) is 34.2 Å². The minimum Gasteiger partial charge on any atom is -0.489 e. The maximum absolute atomic E-state index is 13.7. The first kappa shape index (κ1) is 42.1. The maximum atomic E-state index is 13.7. The van der Waals surface area contributed by atoms with E-state index in [-0.39, 0.29) is 59.5 Å². The minimum atomic E-state index is -4.70. The van der Waals surface area contributed by atoms with Crippen molar-refractivity contribution in [3.05, 3.63) is 83.6 Å². The summed E-state index contributed by atoms with van der Waals surface area (Å²) in [6.45, 7) is 4.82. The van der Waals surface area contributed by atoms with Crippen LogP contribution in [0.25, 0.3) is 5.65 Å². The molecule has 5 heterocycles. The van der Waals surface area contributed by atoms with Crippen molar-refractivity contribution in [1.29, 1.82) is 0 Å². The van der Waals surface area contributed by atoms with Crippen LogP contribution in [0.15, 0.2) is 60.9 Å². The number of imidazole rings is 1. The van der Waals surface area contributed by atoms with Gasteiger partial charge in [0.25, 0.3) is 17.7 Å². The highest BCUT2D eigenvalue weighted by molar-refractivity contribution is 6.04. The Labute approximate surface area is 344 Å². The number of halogens is 3. The van der Waals surface area contributed by atoms with E-state index in [2.05, 4.69) is 20.9 Å². The number of carbonyl (C=O) groups is 5. The van der Waals surface area contributed by atoms with Crippen LogP contribution in [-0.4, -0.2) is 80.1 Å². The number of likely N-dealkylation sites (tertiary alicyclic amines) is 1. The number of fused-ring (bicyclic) bond motifs is 1. The lowest BCUT2D eigenvalue weighted by atomic mass is 9.87. The average Bonchev–Trinajstić information content (AvgIpc) is 3.62. The summed E-state index contributed by atoms with van der Waals surface area (Å²) < 4.78 is 53.2. The van der Waals surface area contributed by atoms with E-state index in [0.717, 1.165) is 69.2 Å². The SMILES string of the molecule is CC(C)Oc1cc2nc(C3CCN(C(=O)C4CCCC(NC(=O)c5ccc(OC6CCC(=O)NC6=O)cc5)CCC4)CC3)cn2cc1NC(=O)c1cccc(C(F)(F)F)n1. The molecule has 3 fully saturated rings. The number of aromatic nitrogens is 3. The van der Waals surface area contributed by atoms with E-state index in [4.69, 9.17) is 14.5 Å². The monoisotopic (exact) mass is 831 g/mol. The number of nitrogens with one attached hydrogen (secondary N) is 3. The molecule has 0 radical (unpaired) electrons. The molecule has 1 aliphatic carbocycles. The Balaban J connectivity index is 0.896. The Bertz CT molecular complexity index is 2230. The third kappa shape index (κ3) is 10.2. The van der Waals surface area contributed by atoms with Crippen LogP contribution in [-0.2, 0) is 20.6 Å². The van der Waals surface area contributed by atoms with Gasteiger partial charge < -0.3 is 29.4 Å². The quantitative estimate of drug-likeness (QED) is 0.152. The van der Waals surface area contributed by atoms with E-state index < -0.39 is 29.8 Å². The average molecular weight is 832 g/mol. The normalized spacial score (nSPS) is 20.6. The van der Waals surface area contributed by atoms with Crippen LogP contribution in [0.1, 0.15) is 116 Å². The summed E-state index contributed by atoms with van der Waals surface area (Å²) in [5, 5.41) is 8.06. The number of rotatable bonds is 10. The van der Waals surface area contributed by atoms with Crippen molar-refractivity contribution >= 4 is 40.9 Å². The molecular formula is C43H48F3N7O7. The predicted molar refractivity (Wildman–Crippen MR) is 212 cm³/mol. The molecule has 4 aromatic rings. The zero-order valence-corrected chi connectivity index (χ0v) is 33.4. The highest BCUT2D eigenvalue weighted by Crippen LogP contribution is 2.34. The van der Waals surface area contributed by atoms with Gasteiger partial charge in [0.05, 0.1) is 11.8 Å². The third-order valence-electron chi connectivity index (χ3n) is 11.2. The molecule has 0 bridgehead atoms. The number of ether oxygens (including phenoxy) is 2. The molecule has 0 spiro atoms. The number of benzene rings is 1. The third-order valence-corrected chi connectivity index (χ3v) is 11.2. The summed E-state index contributed by atoms with van der Waals surface area (Å²) in [6.07, 6.45) is 4.36. The second-order valence-electron chi connectivity index (χ2n) is 15.9. The molecule has 17 heteroatoms. The maximum Gasteiger partial charge on any atom is 0.433 e. The Kier molecular flexibility index (Phi) is 12.7. The Morgan fingerprint density at radius 1 is 0.883 bits per heavy atom. The van der Waals surface area contributed by atoms with Gasteiger partial charge in [-0.05, 0) is 88.8 Å². The molecule has 2 aliphatic heterocycles. The molecule has 7 rings (SSSR count). The number of hydrogen-bond donors (Lipinski definition) is 3. The highest BCUT2D eigenvalue weighted by Gasteiger charge is 2.34. The highest BCUT2D eigenvalue weighted by atomic mass is 19.4. The second kappa shape index (κ2) is 18.1. The van der Waals surface area contributed by atoms with Gasteiger partial charge in [-0.3, -0.25) is 29.3 Å². The molecule has 5 amide bonds. The molecule has 1 unspecified atom stereocenters. The first-order valence-electron chi connectivity index (χ1n) is 20.4. The number of alkyl halides is 3. The molecule has 1 aromatic carbocycles. The number of hydrogen-bond acceptors (Lipinski definition) is 9. The van der Waals surface area contributed by atoms with Gasteiger partial charge in [0, 0.05) is 67.8 Å². The fourth-order valence-electron chi connectivity index (χ4n) is 8.04. The number of imide groups is 1. The lowest BCUT2D eigenvalue weighted by Gasteiger charge is -2.34. The summed E-state index contributed by atoms with van der Waals surface area (Å²) in [5.74, 6) is -0.873. The van der Waals surface area contributed by atoms with Crippen LogP contribution in [0.5, 0.6) is 11.5 Å². The molecule has 3 N–H and O–H groups in total. The smallest absolute Gasteiger partial charge is 0.433 e. The number of amides is 5. The van der Waals surface area contributed by atoms with Crippen LogP contribution in [0.4, 0.5) is 18.9 Å². The van der Waals surface area contributed by atoms with Gasteiger partial charge in [0.15, 0.2) is 6.10 Å². The fraction of sp³-hybridized carbons (Fsp3) is 0.465. The Morgan fingerprint density at radius 2 is 1.60 bits per heavy atom. The van der Waals surface area contributed by atoms with Crippen molar-refractivity contribution in [2.45, 2.75) is 108 Å². The molecule has 2 saturated heterocycles. The van der Waals surface area contributed by atoms with Crippen LogP contribution in [0.3, 0.4) is 0 Å². The Morgan fingerprint density at radius 3 is 2.27 bits per heavy atom. The molecule has 3 aliphatic rings. The number of anilines is 1. The van der Waals surface area contributed by atoms with Crippen LogP contribution in [0.2, 0.25) is 0 Å². The van der Waals surface area contributed by atoms with E-state index in [1.807, 2.05) is 24.9 Å². The van der Waals surface area contributed by atoms with Crippen molar-refractivity contribution in [1.82, 2.24) is 29.9 Å². The van der Waals surface area contributed by atoms with Crippen LogP contribution < -0.4 is 25.4 Å². The fourth-order valence-corrected chi connectivity index (χ4v) is 8.04. The van der Waals surface area contributed by atoms with Crippen molar-refractivity contribution < 1.29 is 46.6 Å². The molecule has 1 atom stereocenters. The topological polar surface area (TPSA) is 173 Å². The summed E-state index contributed by atoms with van der Waals surface area (Å²) in [7, 11) is 0. The van der Waals surface area contributed by atoms with Gasteiger partial charge in [-0.1, -0.05) is 18.9 Å². The lowest BCUT2D eigenvalue weighted by Crippen LogP contribution is -2.46. The summed E-state index contributed by atoms with van der Waals surface area (Å²) in [5.41, 5.74) is 0.581. The van der Waals surface area contributed by atoms with Crippen molar-refractivity contribution in [2.75, 3.05) is 18.4 Å². The van der Waals surface area contributed by atoms with E-state index in [0.29, 0.717) is 42.2 Å². The zero-order valence-electron chi connectivity index (χ0n) is 33.4. The largest absolute Gasteiger partial charge is 0.489 e. The predicted octanol–water partition coefficient (Wildman–Crippen LogP) is 6.45. The van der Waals surface area contributed by atoms with E-state index >= 15 is 0 Å². The van der Waals surface area contributed by atoms with E-state index in [1.54, 1.807) is 40.9 Å². The number of carbonyl (C=O) groups excluding carboxylic acids is 5. The van der Waals surface area contributed by atoms with Gasteiger partial charge in [0.2, 0.25) is 11.8 Å². The number of piperidine rings is 2. The van der Waals surface area contributed by atoms with Crippen molar-refractivity contribution in [3.63, 3.8) is 0 Å².